The summed E-state index contributed by atoms with van der Waals surface area (Å²) in [5, 5.41) is 3.31. The van der Waals surface area contributed by atoms with E-state index in [1.807, 2.05) is 26.1 Å². The molecule has 0 radical (unpaired) electrons. The van der Waals surface area contributed by atoms with Crippen LogP contribution in [0.15, 0.2) is 18.2 Å². The second-order valence-corrected chi connectivity index (χ2v) is 4.86. The normalized spacial score (nSPS) is 25.7. The van der Waals surface area contributed by atoms with Gasteiger partial charge in [-0.25, -0.2) is 4.39 Å². The molecule has 1 aromatic rings. The van der Waals surface area contributed by atoms with Gasteiger partial charge in [0.1, 0.15) is 5.82 Å². The smallest absolute Gasteiger partial charge is 0.126 e. The lowest BCUT2D eigenvalue weighted by molar-refractivity contribution is 0.353. The van der Waals surface area contributed by atoms with Gasteiger partial charge in [0.05, 0.1) is 0 Å². The number of hydrogen-bond donors (Lipinski definition) is 1. The van der Waals surface area contributed by atoms with Crippen LogP contribution in [0.4, 0.5) is 4.39 Å². The number of halogens is 1. The van der Waals surface area contributed by atoms with E-state index in [9.17, 15) is 4.39 Å². The van der Waals surface area contributed by atoms with Gasteiger partial charge in [0, 0.05) is 6.04 Å². The molecule has 88 valence electrons. The number of nitrogens with one attached hydrogen (secondary N) is 1. The summed E-state index contributed by atoms with van der Waals surface area (Å²) in [5.41, 5.74) is 1.92. The van der Waals surface area contributed by atoms with Crippen LogP contribution in [0, 0.1) is 12.7 Å². The van der Waals surface area contributed by atoms with Crippen molar-refractivity contribution < 1.29 is 4.39 Å². The summed E-state index contributed by atoms with van der Waals surface area (Å²) in [6.07, 6.45) is 4.53. The third-order valence-electron chi connectivity index (χ3n) is 3.73. The zero-order chi connectivity index (χ0) is 11.5. The van der Waals surface area contributed by atoms with E-state index in [4.69, 9.17) is 0 Å². The van der Waals surface area contributed by atoms with E-state index in [1.165, 1.54) is 0 Å². The molecule has 0 atom stereocenters. The van der Waals surface area contributed by atoms with Crippen LogP contribution < -0.4 is 5.32 Å². The fourth-order valence-corrected chi connectivity index (χ4v) is 2.66. The van der Waals surface area contributed by atoms with E-state index in [0.29, 0.717) is 12.0 Å². The molecular weight excluding hydrogens is 201 g/mol. The highest BCUT2D eigenvalue weighted by Crippen LogP contribution is 2.34. The lowest BCUT2D eigenvalue weighted by Gasteiger charge is -2.28. The number of hydrogen-bond acceptors (Lipinski definition) is 1. The van der Waals surface area contributed by atoms with Gasteiger partial charge in [-0.1, -0.05) is 12.1 Å². The van der Waals surface area contributed by atoms with Crippen LogP contribution in [-0.2, 0) is 0 Å². The zero-order valence-electron chi connectivity index (χ0n) is 10.1. The van der Waals surface area contributed by atoms with E-state index in [0.717, 1.165) is 36.8 Å². The predicted octanol–water partition coefficient (Wildman–Crippen LogP) is 3.38. The summed E-state index contributed by atoms with van der Waals surface area (Å²) < 4.78 is 13.8. The summed E-state index contributed by atoms with van der Waals surface area (Å²) in [6, 6.07) is 6.27. The standard InChI is InChI=1S/C14H20FN/c1-10-3-8-13(14(15)9-10)11-4-6-12(16-2)7-5-11/h3,8-9,11-12,16H,4-7H2,1-2H3. The molecule has 1 aliphatic carbocycles. The zero-order valence-corrected chi connectivity index (χ0v) is 10.1. The van der Waals surface area contributed by atoms with Gasteiger partial charge in [0.25, 0.3) is 0 Å². The molecule has 2 heteroatoms. The number of aryl methyl sites for hydroxylation is 1. The Bertz CT molecular complexity index is 354. The van der Waals surface area contributed by atoms with Crippen molar-refractivity contribution in [2.24, 2.45) is 0 Å². The molecule has 0 unspecified atom stereocenters. The highest BCUT2D eigenvalue weighted by Gasteiger charge is 2.23. The molecule has 1 nitrogen and oxygen atoms in total. The average molecular weight is 221 g/mol. The largest absolute Gasteiger partial charge is 0.317 e. The van der Waals surface area contributed by atoms with Gasteiger partial charge in [-0.2, -0.15) is 0 Å². The van der Waals surface area contributed by atoms with E-state index in [1.54, 1.807) is 6.07 Å². The Morgan fingerprint density at radius 3 is 2.44 bits per heavy atom. The molecule has 0 bridgehead atoms. The minimum absolute atomic E-state index is 0.0205. The minimum Gasteiger partial charge on any atom is -0.317 e. The molecular formula is C14H20FN. The Kier molecular flexibility index (Phi) is 3.59. The van der Waals surface area contributed by atoms with Crippen molar-refractivity contribution in [3.8, 4) is 0 Å². The lowest BCUT2D eigenvalue weighted by Crippen LogP contribution is -2.29. The monoisotopic (exact) mass is 221 g/mol. The predicted molar refractivity (Wildman–Crippen MR) is 65.2 cm³/mol. The summed E-state index contributed by atoms with van der Waals surface area (Å²) in [6.45, 7) is 1.94. The van der Waals surface area contributed by atoms with Crippen LogP contribution >= 0.6 is 0 Å². The van der Waals surface area contributed by atoms with Crippen molar-refractivity contribution in [1.82, 2.24) is 5.32 Å². The summed E-state index contributed by atoms with van der Waals surface area (Å²) in [5.74, 6) is 0.401. The molecule has 16 heavy (non-hydrogen) atoms. The van der Waals surface area contributed by atoms with E-state index >= 15 is 0 Å². The fraction of sp³-hybridized carbons (Fsp3) is 0.571. The van der Waals surface area contributed by atoms with Crippen LogP contribution in [0.1, 0.15) is 42.7 Å². The molecule has 0 aromatic heterocycles. The Labute approximate surface area is 97.1 Å². The average Bonchev–Trinajstić information content (AvgIpc) is 2.29. The Morgan fingerprint density at radius 1 is 1.19 bits per heavy atom. The third kappa shape index (κ3) is 2.43. The SMILES string of the molecule is CNC1CCC(c2ccc(C)cc2F)CC1. The van der Waals surface area contributed by atoms with Gasteiger partial charge >= 0.3 is 0 Å². The lowest BCUT2D eigenvalue weighted by atomic mass is 9.81. The summed E-state index contributed by atoms with van der Waals surface area (Å²) >= 11 is 0. The molecule has 1 aliphatic rings. The quantitative estimate of drug-likeness (QED) is 0.807. The number of rotatable bonds is 2. The number of benzene rings is 1. The molecule has 2 rings (SSSR count). The maximum Gasteiger partial charge on any atom is 0.126 e. The van der Waals surface area contributed by atoms with Crippen LogP contribution in [0.5, 0.6) is 0 Å². The first-order valence-electron chi connectivity index (χ1n) is 6.14. The van der Waals surface area contributed by atoms with Crippen molar-refractivity contribution in [2.75, 3.05) is 7.05 Å². The molecule has 1 aromatic carbocycles. The van der Waals surface area contributed by atoms with E-state index in [-0.39, 0.29) is 5.82 Å². The van der Waals surface area contributed by atoms with Gasteiger partial charge in [0.2, 0.25) is 0 Å². The second kappa shape index (κ2) is 4.96. The van der Waals surface area contributed by atoms with E-state index in [2.05, 4.69) is 5.32 Å². The van der Waals surface area contributed by atoms with Gasteiger partial charge < -0.3 is 5.32 Å². The van der Waals surface area contributed by atoms with Gasteiger partial charge in [0.15, 0.2) is 0 Å². The maximum atomic E-state index is 13.8. The molecule has 0 saturated heterocycles. The molecule has 1 saturated carbocycles. The molecule has 1 N–H and O–H groups in total. The highest BCUT2D eigenvalue weighted by molar-refractivity contribution is 5.26. The van der Waals surface area contributed by atoms with Crippen molar-refractivity contribution >= 4 is 0 Å². The highest BCUT2D eigenvalue weighted by atomic mass is 19.1. The topological polar surface area (TPSA) is 12.0 Å². The van der Waals surface area contributed by atoms with Crippen LogP contribution in [0.2, 0.25) is 0 Å². The van der Waals surface area contributed by atoms with Crippen molar-refractivity contribution in [3.63, 3.8) is 0 Å². The summed E-state index contributed by atoms with van der Waals surface area (Å²) in [7, 11) is 2.01. The second-order valence-electron chi connectivity index (χ2n) is 4.86. The van der Waals surface area contributed by atoms with Crippen LogP contribution in [0.25, 0.3) is 0 Å². The van der Waals surface area contributed by atoms with Gasteiger partial charge in [-0.3, -0.25) is 0 Å². The minimum atomic E-state index is -0.0205. The fourth-order valence-electron chi connectivity index (χ4n) is 2.66. The van der Waals surface area contributed by atoms with Crippen LogP contribution in [0.3, 0.4) is 0 Å². The first kappa shape index (κ1) is 11.6. The molecule has 0 amide bonds. The third-order valence-corrected chi connectivity index (χ3v) is 3.73. The molecule has 0 spiro atoms. The molecule has 1 fully saturated rings. The molecule has 0 aliphatic heterocycles. The van der Waals surface area contributed by atoms with Crippen molar-refractivity contribution in [2.45, 2.75) is 44.6 Å². The Morgan fingerprint density at radius 2 is 1.88 bits per heavy atom. The van der Waals surface area contributed by atoms with Crippen molar-refractivity contribution in [3.05, 3.63) is 35.1 Å². The maximum absolute atomic E-state index is 13.8. The molecule has 0 heterocycles. The first-order valence-corrected chi connectivity index (χ1v) is 6.14. The Hall–Kier alpha value is -0.890. The summed E-state index contributed by atoms with van der Waals surface area (Å²) in [4.78, 5) is 0. The van der Waals surface area contributed by atoms with Gasteiger partial charge in [-0.15, -0.1) is 0 Å². The first-order chi connectivity index (χ1) is 7.70. The van der Waals surface area contributed by atoms with E-state index < -0.39 is 0 Å². The van der Waals surface area contributed by atoms with Crippen LogP contribution in [-0.4, -0.2) is 13.1 Å². The Balaban J connectivity index is 2.08. The van der Waals surface area contributed by atoms with Crippen molar-refractivity contribution in [1.29, 1.82) is 0 Å². The van der Waals surface area contributed by atoms with Gasteiger partial charge in [-0.05, 0) is 62.8 Å².